The van der Waals surface area contributed by atoms with Crippen LogP contribution in [0.1, 0.15) is 194 Å². The molecule has 0 aliphatic carbocycles. The maximum atomic E-state index is 2.32. The predicted molar refractivity (Wildman–Crippen MR) is 157 cm³/mol. The van der Waals surface area contributed by atoms with Crippen molar-refractivity contribution in [3.63, 3.8) is 0 Å². The van der Waals surface area contributed by atoms with Crippen molar-refractivity contribution in [2.75, 3.05) is 19.6 Å². The number of quaternary nitrogens is 1. The lowest BCUT2D eigenvalue weighted by Gasteiger charge is -2.20. The van der Waals surface area contributed by atoms with Crippen LogP contribution in [-0.2, 0) is 0 Å². The standard InChI is InChI=1S/C33H69N/c1-4-7-10-13-16-19-22-25-28-31-34(32-29-26-23-20-17-14-11-8-5-2)33-30-27-24-21-18-15-12-9-6-3/h4-33H2,1-3H3/p+1. The molecule has 0 radical (unpaired) electrons. The molecule has 206 valence electrons. The van der Waals surface area contributed by atoms with E-state index in [0.717, 1.165) is 0 Å². The van der Waals surface area contributed by atoms with Gasteiger partial charge in [0.1, 0.15) is 0 Å². The summed E-state index contributed by atoms with van der Waals surface area (Å²) >= 11 is 0. The molecule has 0 bridgehead atoms. The quantitative estimate of drug-likeness (QED) is 0.0975. The van der Waals surface area contributed by atoms with Gasteiger partial charge < -0.3 is 4.90 Å². The average Bonchev–Trinajstić information content (AvgIpc) is 2.85. The van der Waals surface area contributed by atoms with Gasteiger partial charge >= 0.3 is 0 Å². The van der Waals surface area contributed by atoms with Crippen LogP contribution in [0.2, 0.25) is 0 Å². The van der Waals surface area contributed by atoms with E-state index in [1.165, 1.54) is 193 Å². The molecular formula is C33H70N+. The molecule has 1 nitrogen and oxygen atoms in total. The van der Waals surface area contributed by atoms with Gasteiger partial charge in [0.25, 0.3) is 0 Å². The van der Waals surface area contributed by atoms with Crippen LogP contribution in [0.3, 0.4) is 0 Å². The van der Waals surface area contributed by atoms with Crippen LogP contribution in [0.15, 0.2) is 0 Å². The summed E-state index contributed by atoms with van der Waals surface area (Å²) < 4.78 is 0. The van der Waals surface area contributed by atoms with Gasteiger partial charge in [-0.2, -0.15) is 0 Å². The van der Waals surface area contributed by atoms with E-state index in [0.29, 0.717) is 0 Å². The first kappa shape index (κ1) is 34.0. The van der Waals surface area contributed by atoms with Crippen LogP contribution in [-0.4, -0.2) is 19.6 Å². The van der Waals surface area contributed by atoms with Crippen molar-refractivity contribution in [3.8, 4) is 0 Å². The molecule has 0 rings (SSSR count). The number of hydrogen-bond donors (Lipinski definition) is 1. The van der Waals surface area contributed by atoms with Gasteiger partial charge in [0, 0.05) is 0 Å². The first-order chi connectivity index (χ1) is 16.8. The molecule has 0 aliphatic heterocycles. The zero-order valence-electron chi connectivity index (χ0n) is 24.7. The van der Waals surface area contributed by atoms with E-state index in [2.05, 4.69) is 20.8 Å². The lowest BCUT2D eigenvalue weighted by Crippen LogP contribution is -3.12. The molecule has 0 aliphatic rings. The molecule has 0 atom stereocenters. The molecule has 0 aromatic heterocycles. The summed E-state index contributed by atoms with van der Waals surface area (Å²) in [5, 5.41) is 0. The van der Waals surface area contributed by atoms with Gasteiger partial charge in [0.2, 0.25) is 0 Å². The van der Waals surface area contributed by atoms with Gasteiger partial charge in [-0.1, -0.05) is 156 Å². The van der Waals surface area contributed by atoms with Crippen molar-refractivity contribution in [2.45, 2.75) is 194 Å². The summed E-state index contributed by atoms with van der Waals surface area (Å²) in [6.45, 7) is 11.3. The topological polar surface area (TPSA) is 4.44 Å². The number of nitrogens with one attached hydrogen (secondary N) is 1. The van der Waals surface area contributed by atoms with Gasteiger partial charge in [-0.25, -0.2) is 0 Å². The van der Waals surface area contributed by atoms with Crippen LogP contribution in [0, 0.1) is 0 Å². The van der Waals surface area contributed by atoms with Crippen LogP contribution >= 0.6 is 0 Å². The van der Waals surface area contributed by atoms with Crippen molar-refractivity contribution in [1.82, 2.24) is 0 Å². The second kappa shape index (κ2) is 31.0. The van der Waals surface area contributed by atoms with Crippen molar-refractivity contribution in [3.05, 3.63) is 0 Å². The molecule has 34 heavy (non-hydrogen) atoms. The molecule has 0 unspecified atom stereocenters. The molecule has 0 saturated carbocycles. The Hall–Kier alpha value is -0.0400. The van der Waals surface area contributed by atoms with Crippen molar-refractivity contribution in [2.24, 2.45) is 0 Å². The first-order valence-electron chi connectivity index (χ1n) is 16.7. The Kier molecular flexibility index (Phi) is 31.0. The Morgan fingerprint density at radius 1 is 0.235 bits per heavy atom. The monoisotopic (exact) mass is 481 g/mol. The second-order valence-electron chi connectivity index (χ2n) is 11.5. The second-order valence-corrected chi connectivity index (χ2v) is 11.5. The fourth-order valence-corrected chi connectivity index (χ4v) is 5.43. The van der Waals surface area contributed by atoms with Crippen molar-refractivity contribution in [1.29, 1.82) is 0 Å². The number of unbranched alkanes of at least 4 members (excludes halogenated alkanes) is 24. The number of rotatable bonds is 30. The highest BCUT2D eigenvalue weighted by Crippen LogP contribution is 2.11. The van der Waals surface area contributed by atoms with E-state index in [4.69, 9.17) is 0 Å². The summed E-state index contributed by atoms with van der Waals surface area (Å²) in [4.78, 5) is 1.94. The maximum absolute atomic E-state index is 2.32. The average molecular weight is 481 g/mol. The summed E-state index contributed by atoms with van der Waals surface area (Å²) in [6.07, 6.45) is 39.4. The molecular weight excluding hydrogens is 410 g/mol. The summed E-state index contributed by atoms with van der Waals surface area (Å²) in [7, 11) is 0. The Labute approximate surface area is 218 Å². The minimum atomic E-state index is 1.37. The minimum absolute atomic E-state index is 1.37. The van der Waals surface area contributed by atoms with Crippen LogP contribution in [0.5, 0.6) is 0 Å². The smallest absolute Gasteiger partial charge is 0.0770 e. The summed E-state index contributed by atoms with van der Waals surface area (Å²) in [6, 6.07) is 0. The van der Waals surface area contributed by atoms with E-state index >= 15 is 0 Å². The Morgan fingerprint density at radius 3 is 0.618 bits per heavy atom. The molecule has 0 saturated heterocycles. The Bertz CT molecular complexity index is 287. The normalized spacial score (nSPS) is 11.6. The van der Waals surface area contributed by atoms with E-state index in [1.807, 2.05) is 4.90 Å². The molecule has 1 N–H and O–H groups in total. The highest BCUT2D eigenvalue weighted by Gasteiger charge is 2.08. The third kappa shape index (κ3) is 28.2. The zero-order valence-corrected chi connectivity index (χ0v) is 24.7. The number of hydrogen-bond acceptors (Lipinski definition) is 0. The van der Waals surface area contributed by atoms with Gasteiger partial charge in [0.15, 0.2) is 0 Å². The van der Waals surface area contributed by atoms with E-state index in [9.17, 15) is 0 Å². The van der Waals surface area contributed by atoms with Crippen molar-refractivity contribution < 1.29 is 4.90 Å². The fraction of sp³-hybridized carbons (Fsp3) is 1.00. The van der Waals surface area contributed by atoms with E-state index < -0.39 is 0 Å². The van der Waals surface area contributed by atoms with Crippen molar-refractivity contribution >= 4 is 0 Å². The van der Waals surface area contributed by atoms with E-state index in [-0.39, 0.29) is 0 Å². The molecule has 0 spiro atoms. The Morgan fingerprint density at radius 2 is 0.412 bits per heavy atom. The largest absolute Gasteiger partial charge is 0.335 e. The summed E-state index contributed by atoms with van der Waals surface area (Å²) in [5.74, 6) is 0. The molecule has 0 heterocycles. The highest BCUT2D eigenvalue weighted by molar-refractivity contribution is 4.50. The molecule has 0 aromatic carbocycles. The Balaban J connectivity index is 3.85. The molecule has 0 aromatic rings. The van der Waals surface area contributed by atoms with Gasteiger partial charge in [-0.05, 0) is 38.5 Å². The van der Waals surface area contributed by atoms with Gasteiger partial charge in [0.05, 0.1) is 19.6 Å². The third-order valence-corrected chi connectivity index (χ3v) is 7.90. The lowest BCUT2D eigenvalue weighted by molar-refractivity contribution is -0.900. The summed E-state index contributed by atoms with van der Waals surface area (Å²) in [5.41, 5.74) is 0. The minimum Gasteiger partial charge on any atom is -0.335 e. The SMILES string of the molecule is CCCCCCCCCCC[NH+](CCCCCCCCCCC)CCCCCCCCCCC. The molecule has 1 heteroatoms. The highest BCUT2D eigenvalue weighted by atomic mass is 15.1. The fourth-order valence-electron chi connectivity index (χ4n) is 5.43. The van der Waals surface area contributed by atoms with Gasteiger partial charge in [-0.15, -0.1) is 0 Å². The third-order valence-electron chi connectivity index (χ3n) is 7.90. The maximum Gasteiger partial charge on any atom is 0.0770 e. The zero-order chi connectivity index (χ0) is 24.8. The van der Waals surface area contributed by atoms with Gasteiger partial charge in [-0.3, -0.25) is 0 Å². The van der Waals surface area contributed by atoms with Crippen LogP contribution in [0.25, 0.3) is 0 Å². The lowest BCUT2D eigenvalue weighted by atomic mass is 10.1. The van der Waals surface area contributed by atoms with Crippen LogP contribution in [0.4, 0.5) is 0 Å². The van der Waals surface area contributed by atoms with Crippen LogP contribution < -0.4 is 4.90 Å². The molecule has 0 amide bonds. The molecule has 0 fully saturated rings. The predicted octanol–water partition coefficient (Wildman–Crippen LogP) is 10.5. The first-order valence-corrected chi connectivity index (χ1v) is 16.7. The van der Waals surface area contributed by atoms with E-state index in [1.54, 1.807) is 0 Å².